The van der Waals surface area contributed by atoms with Gasteiger partial charge in [0.2, 0.25) is 0 Å². The van der Waals surface area contributed by atoms with Gasteiger partial charge in [-0.05, 0) is 56.0 Å². The molecule has 1 fully saturated rings. The second kappa shape index (κ2) is 8.69. The number of para-hydroxylation sites is 1. The molecule has 2 aromatic carbocycles. The van der Waals surface area contributed by atoms with Crippen LogP contribution in [-0.4, -0.2) is 34.1 Å². The van der Waals surface area contributed by atoms with Gasteiger partial charge in [-0.2, -0.15) is 0 Å². The minimum atomic E-state index is -0.518. The third kappa shape index (κ3) is 4.22. The molecule has 1 amide bonds. The Morgan fingerprint density at radius 1 is 1.13 bits per heavy atom. The molecule has 1 saturated carbocycles. The maximum absolute atomic E-state index is 12.5. The molecular weight excluding hydrogens is 378 g/mol. The normalized spacial score (nSPS) is 18.9. The molecule has 30 heavy (non-hydrogen) atoms. The highest BCUT2D eigenvalue weighted by atomic mass is 16.5. The summed E-state index contributed by atoms with van der Waals surface area (Å²) in [7, 11) is 0. The molecular formula is C24H27N3O3. The number of ether oxygens (including phenoxy) is 1. The molecule has 0 spiro atoms. The fourth-order valence-electron chi connectivity index (χ4n) is 4.22. The van der Waals surface area contributed by atoms with Crippen LogP contribution in [0.25, 0.3) is 16.7 Å². The van der Waals surface area contributed by atoms with E-state index in [1.54, 1.807) is 12.1 Å². The van der Waals surface area contributed by atoms with Crippen LogP contribution in [0, 0.1) is 12.8 Å². The molecule has 0 aliphatic heterocycles. The minimum absolute atomic E-state index is 0.172. The molecule has 4 rings (SSSR count). The summed E-state index contributed by atoms with van der Waals surface area (Å²) in [6.45, 7) is 3.82. The number of benzene rings is 2. The molecule has 1 N–H and O–H groups in total. The van der Waals surface area contributed by atoms with E-state index in [1.165, 1.54) is 6.42 Å². The van der Waals surface area contributed by atoms with Crippen molar-refractivity contribution in [3.8, 4) is 5.69 Å². The van der Waals surface area contributed by atoms with Crippen molar-refractivity contribution < 1.29 is 14.3 Å². The van der Waals surface area contributed by atoms with E-state index in [-0.39, 0.29) is 18.6 Å². The SMILES string of the molecule is Cc1nc2cc(C(=O)OCC(=O)N[C@H]3CCCC[C@H]3C)ccc2n1-c1ccccc1. The summed E-state index contributed by atoms with van der Waals surface area (Å²) in [4.78, 5) is 29.3. The Morgan fingerprint density at radius 3 is 2.67 bits per heavy atom. The van der Waals surface area contributed by atoms with Crippen molar-refractivity contribution >= 4 is 22.9 Å². The quantitative estimate of drug-likeness (QED) is 0.646. The first kappa shape index (κ1) is 20.1. The zero-order valence-electron chi connectivity index (χ0n) is 17.4. The molecule has 0 radical (unpaired) electrons. The summed E-state index contributed by atoms with van der Waals surface area (Å²) in [5.74, 6) is 0.537. The number of carbonyl (C=O) groups excluding carboxylic acids is 2. The van der Waals surface area contributed by atoms with Gasteiger partial charge in [0, 0.05) is 11.7 Å². The molecule has 1 aromatic heterocycles. The van der Waals surface area contributed by atoms with Crippen molar-refractivity contribution in [1.29, 1.82) is 0 Å². The number of aromatic nitrogens is 2. The molecule has 0 bridgehead atoms. The van der Waals surface area contributed by atoms with Gasteiger partial charge in [-0.25, -0.2) is 9.78 Å². The van der Waals surface area contributed by atoms with Gasteiger partial charge in [-0.3, -0.25) is 9.36 Å². The average molecular weight is 405 g/mol. The van der Waals surface area contributed by atoms with E-state index in [0.717, 1.165) is 36.3 Å². The Kier molecular flexibility index (Phi) is 5.84. The average Bonchev–Trinajstić information content (AvgIpc) is 3.09. The van der Waals surface area contributed by atoms with E-state index in [4.69, 9.17) is 4.74 Å². The van der Waals surface area contributed by atoms with E-state index >= 15 is 0 Å². The first-order valence-corrected chi connectivity index (χ1v) is 10.5. The lowest BCUT2D eigenvalue weighted by atomic mass is 9.86. The standard InChI is InChI=1S/C24H27N3O3/c1-16-8-6-7-11-20(16)26-23(28)15-30-24(29)18-12-13-22-21(14-18)25-17(2)27(22)19-9-4-3-5-10-19/h3-5,9-10,12-14,16,20H,6-8,11,15H2,1-2H3,(H,26,28)/t16-,20+/m1/s1. The van der Waals surface area contributed by atoms with Gasteiger partial charge in [0.15, 0.2) is 6.61 Å². The van der Waals surface area contributed by atoms with E-state index in [0.29, 0.717) is 17.0 Å². The number of rotatable bonds is 5. The van der Waals surface area contributed by atoms with Crippen LogP contribution >= 0.6 is 0 Å². The van der Waals surface area contributed by atoms with Crippen LogP contribution in [0.3, 0.4) is 0 Å². The summed E-state index contributed by atoms with van der Waals surface area (Å²) in [6, 6.07) is 15.4. The lowest BCUT2D eigenvalue weighted by Crippen LogP contribution is -2.42. The molecule has 6 nitrogen and oxygen atoms in total. The van der Waals surface area contributed by atoms with Crippen molar-refractivity contribution in [3.63, 3.8) is 0 Å². The van der Waals surface area contributed by atoms with E-state index in [1.807, 2.05) is 47.9 Å². The summed E-state index contributed by atoms with van der Waals surface area (Å²) < 4.78 is 7.30. The molecule has 1 heterocycles. The molecule has 0 saturated heterocycles. The fraction of sp³-hybridized carbons (Fsp3) is 0.375. The highest BCUT2D eigenvalue weighted by Gasteiger charge is 2.23. The summed E-state index contributed by atoms with van der Waals surface area (Å²) in [6.07, 6.45) is 4.45. The van der Waals surface area contributed by atoms with Gasteiger partial charge < -0.3 is 10.1 Å². The molecule has 2 atom stereocenters. The van der Waals surface area contributed by atoms with Crippen molar-refractivity contribution in [2.75, 3.05) is 6.61 Å². The Bertz CT molecular complexity index is 1060. The van der Waals surface area contributed by atoms with Crippen molar-refractivity contribution in [2.24, 2.45) is 5.92 Å². The van der Waals surface area contributed by atoms with Gasteiger partial charge in [-0.15, -0.1) is 0 Å². The minimum Gasteiger partial charge on any atom is -0.452 e. The van der Waals surface area contributed by atoms with Gasteiger partial charge in [0.25, 0.3) is 5.91 Å². The second-order valence-electron chi connectivity index (χ2n) is 8.05. The third-order valence-electron chi connectivity index (χ3n) is 5.86. The van der Waals surface area contributed by atoms with Crippen LogP contribution in [0.15, 0.2) is 48.5 Å². The number of imidazole rings is 1. The summed E-state index contributed by atoms with van der Waals surface area (Å²) in [5, 5.41) is 3.00. The van der Waals surface area contributed by atoms with Gasteiger partial charge >= 0.3 is 5.97 Å². The summed E-state index contributed by atoms with van der Waals surface area (Å²) in [5.41, 5.74) is 3.03. The third-order valence-corrected chi connectivity index (χ3v) is 5.86. The highest BCUT2D eigenvalue weighted by molar-refractivity contribution is 5.95. The maximum atomic E-state index is 12.5. The fourth-order valence-corrected chi connectivity index (χ4v) is 4.22. The summed E-state index contributed by atoms with van der Waals surface area (Å²) >= 11 is 0. The number of nitrogens with one attached hydrogen (secondary N) is 1. The smallest absolute Gasteiger partial charge is 0.338 e. The zero-order valence-corrected chi connectivity index (χ0v) is 17.4. The lowest BCUT2D eigenvalue weighted by Gasteiger charge is -2.29. The van der Waals surface area contributed by atoms with E-state index in [9.17, 15) is 9.59 Å². The molecule has 6 heteroatoms. The van der Waals surface area contributed by atoms with Crippen LogP contribution in [-0.2, 0) is 9.53 Å². The highest BCUT2D eigenvalue weighted by Crippen LogP contribution is 2.24. The van der Waals surface area contributed by atoms with Gasteiger partial charge in [0.1, 0.15) is 5.82 Å². The monoisotopic (exact) mass is 405 g/mol. The molecule has 1 aliphatic carbocycles. The molecule has 1 aliphatic rings. The molecule has 3 aromatic rings. The molecule has 156 valence electrons. The number of amides is 1. The van der Waals surface area contributed by atoms with E-state index < -0.39 is 5.97 Å². The number of hydrogen-bond donors (Lipinski definition) is 1. The number of carbonyl (C=O) groups is 2. The van der Waals surface area contributed by atoms with Crippen LogP contribution in [0.5, 0.6) is 0 Å². The Labute approximate surface area is 176 Å². The van der Waals surface area contributed by atoms with Crippen LogP contribution in [0.1, 0.15) is 48.8 Å². The molecule has 0 unspecified atom stereocenters. The topological polar surface area (TPSA) is 73.2 Å². The Morgan fingerprint density at radius 2 is 1.90 bits per heavy atom. The van der Waals surface area contributed by atoms with Crippen LogP contribution in [0.4, 0.5) is 0 Å². The Balaban J connectivity index is 1.43. The first-order valence-electron chi connectivity index (χ1n) is 10.5. The van der Waals surface area contributed by atoms with Gasteiger partial charge in [-0.1, -0.05) is 38.0 Å². The number of nitrogens with zero attached hydrogens (tertiary/aromatic N) is 2. The van der Waals surface area contributed by atoms with Crippen molar-refractivity contribution in [2.45, 2.75) is 45.6 Å². The predicted octanol–water partition coefficient (Wildman–Crippen LogP) is 4.19. The number of aryl methyl sites for hydroxylation is 1. The van der Waals surface area contributed by atoms with E-state index in [2.05, 4.69) is 17.2 Å². The number of hydrogen-bond acceptors (Lipinski definition) is 4. The Hall–Kier alpha value is -3.15. The number of esters is 1. The van der Waals surface area contributed by atoms with Crippen LogP contribution < -0.4 is 5.32 Å². The number of fused-ring (bicyclic) bond motifs is 1. The second-order valence-corrected chi connectivity index (χ2v) is 8.05. The van der Waals surface area contributed by atoms with Crippen molar-refractivity contribution in [3.05, 3.63) is 59.9 Å². The maximum Gasteiger partial charge on any atom is 0.338 e. The predicted molar refractivity (Wildman–Crippen MR) is 116 cm³/mol. The zero-order chi connectivity index (χ0) is 21.1. The van der Waals surface area contributed by atoms with Crippen molar-refractivity contribution in [1.82, 2.24) is 14.9 Å². The lowest BCUT2D eigenvalue weighted by molar-refractivity contribution is -0.125. The first-order chi connectivity index (χ1) is 14.5. The largest absolute Gasteiger partial charge is 0.452 e. The van der Waals surface area contributed by atoms with Gasteiger partial charge in [0.05, 0.1) is 16.6 Å². The van der Waals surface area contributed by atoms with Crippen LogP contribution in [0.2, 0.25) is 0 Å².